The number of halogens is 3. The summed E-state index contributed by atoms with van der Waals surface area (Å²) in [6.07, 6.45) is 1.53. The van der Waals surface area contributed by atoms with Gasteiger partial charge in [-0.15, -0.1) is 12.4 Å². The molecule has 24 heavy (non-hydrogen) atoms. The van der Waals surface area contributed by atoms with Crippen LogP contribution in [-0.4, -0.2) is 38.0 Å². The number of nitrogens with zero attached hydrogens (tertiary/aromatic N) is 1. The number of benzene rings is 1. The first-order valence-corrected chi connectivity index (χ1v) is 8.55. The van der Waals surface area contributed by atoms with E-state index in [0.717, 1.165) is 13.0 Å². The van der Waals surface area contributed by atoms with Crippen LogP contribution >= 0.6 is 35.6 Å². The fourth-order valence-electron chi connectivity index (χ4n) is 2.55. The molecule has 5 nitrogen and oxygen atoms in total. The highest BCUT2D eigenvalue weighted by atomic mass is 35.5. The minimum atomic E-state index is -0.656. The second-order valence-electron chi connectivity index (χ2n) is 5.47. The molecule has 0 aromatic heterocycles. The van der Waals surface area contributed by atoms with Gasteiger partial charge in [0.2, 0.25) is 11.8 Å². The summed E-state index contributed by atoms with van der Waals surface area (Å²) in [4.78, 5) is 26.2. The van der Waals surface area contributed by atoms with Gasteiger partial charge in [-0.25, -0.2) is 0 Å². The molecule has 2 rings (SSSR count). The first-order chi connectivity index (χ1) is 11.0. The molecular weight excluding hydrogens is 373 g/mol. The molecule has 2 amide bonds. The Labute approximate surface area is 158 Å². The molecule has 1 aliphatic heterocycles. The van der Waals surface area contributed by atoms with Gasteiger partial charge in [0.15, 0.2) is 0 Å². The van der Waals surface area contributed by atoms with E-state index in [1.165, 1.54) is 4.90 Å². The first kappa shape index (κ1) is 21.0. The number of carbonyl (C=O) groups is 2. The van der Waals surface area contributed by atoms with Crippen molar-refractivity contribution in [2.24, 2.45) is 5.92 Å². The molecule has 0 bridgehead atoms. The molecule has 0 radical (unpaired) electrons. The van der Waals surface area contributed by atoms with E-state index < -0.39 is 5.92 Å². The van der Waals surface area contributed by atoms with Gasteiger partial charge in [0.05, 0.1) is 10.7 Å². The van der Waals surface area contributed by atoms with E-state index in [9.17, 15) is 9.59 Å². The molecule has 1 aliphatic rings. The maximum Gasteiger partial charge on any atom is 0.239 e. The van der Waals surface area contributed by atoms with Crippen LogP contribution in [0.15, 0.2) is 18.2 Å². The Morgan fingerprint density at radius 2 is 2.04 bits per heavy atom. The Balaban J connectivity index is 0.00000288. The van der Waals surface area contributed by atoms with Gasteiger partial charge >= 0.3 is 0 Å². The van der Waals surface area contributed by atoms with E-state index in [-0.39, 0.29) is 24.2 Å². The lowest BCUT2D eigenvalue weighted by Crippen LogP contribution is -2.39. The van der Waals surface area contributed by atoms with Crippen LogP contribution in [0.1, 0.15) is 19.8 Å². The fraction of sp³-hybridized carbons (Fsp3) is 0.500. The maximum absolute atomic E-state index is 12.5. The van der Waals surface area contributed by atoms with Crippen LogP contribution in [0.4, 0.5) is 5.69 Å². The third kappa shape index (κ3) is 5.24. The van der Waals surface area contributed by atoms with E-state index in [2.05, 4.69) is 17.6 Å². The van der Waals surface area contributed by atoms with E-state index in [1.807, 2.05) is 0 Å². The van der Waals surface area contributed by atoms with Gasteiger partial charge in [0, 0.05) is 24.7 Å². The summed E-state index contributed by atoms with van der Waals surface area (Å²) in [6, 6.07) is 4.97. The number of hydrogen-bond donors (Lipinski definition) is 2. The van der Waals surface area contributed by atoms with Crippen LogP contribution in [0.5, 0.6) is 0 Å². The zero-order valence-electron chi connectivity index (χ0n) is 13.5. The van der Waals surface area contributed by atoms with Crippen molar-refractivity contribution in [2.45, 2.75) is 19.8 Å². The van der Waals surface area contributed by atoms with Gasteiger partial charge in [-0.3, -0.25) is 9.59 Å². The molecule has 1 aromatic carbocycles. The molecule has 0 saturated carbocycles. The monoisotopic (exact) mass is 393 g/mol. The predicted molar refractivity (Wildman–Crippen MR) is 100 cm³/mol. The lowest BCUT2D eigenvalue weighted by Gasteiger charge is -2.18. The zero-order chi connectivity index (χ0) is 16.8. The zero-order valence-corrected chi connectivity index (χ0v) is 15.8. The number of anilines is 1. The number of carbonyl (C=O) groups excluding carboxylic acids is 2. The molecule has 2 N–H and O–H groups in total. The van der Waals surface area contributed by atoms with Gasteiger partial charge < -0.3 is 15.5 Å². The molecule has 0 aliphatic carbocycles. The average molecular weight is 395 g/mol. The summed E-state index contributed by atoms with van der Waals surface area (Å²) in [5.41, 5.74) is 0.559. The van der Waals surface area contributed by atoms with E-state index in [0.29, 0.717) is 41.8 Å². The van der Waals surface area contributed by atoms with Crippen molar-refractivity contribution in [3.05, 3.63) is 28.2 Å². The second-order valence-corrected chi connectivity index (χ2v) is 6.31. The molecule has 1 atom stereocenters. The number of nitrogens with one attached hydrogen (secondary N) is 2. The first-order valence-electron chi connectivity index (χ1n) is 7.79. The Morgan fingerprint density at radius 3 is 2.75 bits per heavy atom. The minimum absolute atomic E-state index is 0. The normalized spacial score (nSPS) is 16.9. The Bertz CT molecular complexity index is 584. The predicted octanol–water partition coefficient (Wildman–Crippen LogP) is 2.88. The van der Waals surface area contributed by atoms with E-state index >= 15 is 0 Å². The molecule has 1 unspecified atom stereocenters. The quantitative estimate of drug-likeness (QED) is 0.552. The molecule has 8 heteroatoms. The number of hydrogen-bond acceptors (Lipinski definition) is 3. The van der Waals surface area contributed by atoms with Crippen LogP contribution < -0.4 is 15.5 Å². The van der Waals surface area contributed by atoms with Gasteiger partial charge in [-0.1, -0.05) is 30.1 Å². The van der Waals surface area contributed by atoms with Gasteiger partial charge in [-0.2, -0.15) is 0 Å². The van der Waals surface area contributed by atoms with Crippen LogP contribution in [0.25, 0.3) is 0 Å². The fourth-order valence-corrected chi connectivity index (χ4v) is 2.94. The third-order valence-electron chi connectivity index (χ3n) is 3.75. The summed E-state index contributed by atoms with van der Waals surface area (Å²) >= 11 is 12.1. The Kier molecular flexibility index (Phi) is 8.84. The average Bonchev–Trinajstić information content (AvgIpc) is 2.91. The topological polar surface area (TPSA) is 61.4 Å². The summed E-state index contributed by atoms with van der Waals surface area (Å²) in [6.45, 7) is 4.67. The molecular formula is C16H22Cl3N3O2. The second kappa shape index (κ2) is 10.1. The van der Waals surface area contributed by atoms with Crippen molar-refractivity contribution in [3.8, 4) is 0 Å². The van der Waals surface area contributed by atoms with Crippen molar-refractivity contribution < 1.29 is 9.59 Å². The molecule has 1 saturated heterocycles. The van der Waals surface area contributed by atoms with Gasteiger partial charge in [0.25, 0.3) is 0 Å². The smallest absolute Gasteiger partial charge is 0.239 e. The maximum atomic E-state index is 12.5. The number of amides is 2. The van der Waals surface area contributed by atoms with Crippen molar-refractivity contribution >= 4 is 53.1 Å². The van der Waals surface area contributed by atoms with E-state index in [1.54, 1.807) is 18.2 Å². The highest BCUT2D eigenvalue weighted by molar-refractivity contribution is 6.36. The summed E-state index contributed by atoms with van der Waals surface area (Å²) in [5.74, 6) is -1.11. The minimum Gasteiger partial charge on any atom is -0.354 e. The van der Waals surface area contributed by atoms with Gasteiger partial charge in [0.1, 0.15) is 5.92 Å². The Morgan fingerprint density at radius 1 is 1.29 bits per heavy atom. The summed E-state index contributed by atoms with van der Waals surface area (Å²) in [7, 11) is 0. The summed E-state index contributed by atoms with van der Waals surface area (Å²) in [5, 5.41) is 6.96. The van der Waals surface area contributed by atoms with Crippen molar-refractivity contribution in [2.75, 3.05) is 31.1 Å². The van der Waals surface area contributed by atoms with Crippen LogP contribution in [0.2, 0.25) is 10.0 Å². The van der Waals surface area contributed by atoms with Crippen molar-refractivity contribution in [1.82, 2.24) is 10.6 Å². The molecule has 0 spiro atoms. The van der Waals surface area contributed by atoms with Crippen LogP contribution in [0.3, 0.4) is 0 Å². The Hall–Kier alpha value is -1.01. The van der Waals surface area contributed by atoms with Crippen molar-refractivity contribution in [3.63, 3.8) is 0 Å². The molecule has 1 fully saturated rings. The number of rotatable bonds is 7. The highest BCUT2D eigenvalue weighted by Crippen LogP contribution is 2.33. The SMILES string of the molecule is CCCNCCNC(=O)C1CCN(c2cc(Cl)ccc2Cl)C1=O.Cl. The van der Waals surface area contributed by atoms with Crippen LogP contribution in [-0.2, 0) is 9.59 Å². The lowest BCUT2D eigenvalue weighted by molar-refractivity contribution is -0.132. The van der Waals surface area contributed by atoms with Crippen LogP contribution in [0, 0.1) is 5.92 Å². The molecule has 1 aromatic rings. The molecule has 1 heterocycles. The highest BCUT2D eigenvalue weighted by Gasteiger charge is 2.38. The molecule has 134 valence electrons. The summed E-state index contributed by atoms with van der Waals surface area (Å²) < 4.78 is 0. The standard InChI is InChI=1S/C16H21Cl2N3O2.ClH/c1-2-6-19-7-8-20-15(22)12-5-9-21(16(12)23)14-10-11(17)3-4-13(14)18;/h3-4,10,12,19H,2,5-9H2,1H3,(H,20,22);1H. The van der Waals surface area contributed by atoms with Crippen molar-refractivity contribution in [1.29, 1.82) is 0 Å². The van der Waals surface area contributed by atoms with Gasteiger partial charge in [-0.05, 0) is 37.6 Å². The third-order valence-corrected chi connectivity index (χ3v) is 4.30. The lowest BCUT2D eigenvalue weighted by atomic mass is 10.1. The van der Waals surface area contributed by atoms with E-state index in [4.69, 9.17) is 23.2 Å². The largest absolute Gasteiger partial charge is 0.354 e.